The summed E-state index contributed by atoms with van der Waals surface area (Å²) in [5.41, 5.74) is 12.1. The molecule has 2 rings (SSSR count). The van der Waals surface area contributed by atoms with Gasteiger partial charge in [-0.15, -0.1) is 0 Å². The molecule has 0 aliphatic rings. The Hall–Kier alpha value is -2.62. The summed E-state index contributed by atoms with van der Waals surface area (Å²) < 4.78 is 0. The van der Waals surface area contributed by atoms with Crippen molar-refractivity contribution in [2.45, 2.75) is 6.92 Å². The molecule has 0 saturated carbocycles. The van der Waals surface area contributed by atoms with Crippen LogP contribution in [0.3, 0.4) is 0 Å². The lowest BCUT2D eigenvalue weighted by atomic mass is 10.1. The van der Waals surface area contributed by atoms with Crippen LogP contribution in [0.25, 0.3) is 0 Å². The maximum atomic E-state index is 10.6. The second-order valence-electron chi connectivity index (χ2n) is 3.91. The van der Waals surface area contributed by atoms with Crippen molar-refractivity contribution in [3.63, 3.8) is 0 Å². The Labute approximate surface area is 112 Å². The highest BCUT2D eigenvalue weighted by molar-refractivity contribution is 5.94. The normalized spacial score (nSPS) is 9.11. The molecule has 0 aliphatic heterocycles. The molecule has 19 heavy (non-hydrogen) atoms. The molecule has 0 spiro atoms. The van der Waals surface area contributed by atoms with Gasteiger partial charge in [-0.2, -0.15) is 0 Å². The number of hydrogen-bond acceptors (Lipinski definition) is 2. The highest BCUT2D eigenvalue weighted by Crippen LogP contribution is 2.04. The van der Waals surface area contributed by atoms with Crippen molar-refractivity contribution >= 4 is 11.8 Å². The monoisotopic (exact) mass is 256 g/mol. The lowest BCUT2D eigenvalue weighted by Gasteiger charge is -1.97. The van der Waals surface area contributed by atoms with E-state index in [4.69, 9.17) is 11.5 Å². The first kappa shape index (κ1) is 14.4. The van der Waals surface area contributed by atoms with Crippen LogP contribution < -0.4 is 11.5 Å². The number of aryl methyl sites for hydroxylation is 1. The maximum absolute atomic E-state index is 10.6. The highest BCUT2D eigenvalue weighted by Gasteiger charge is 2.00. The van der Waals surface area contributed by atoms with E-state index < -0.39 is 0 Å². The van der Waals surface area contributed by atoms with E-state index in [0.29, 0.717) is 11.1 Å². The molecule has 0 radical (unpaired) electrons. The Balaban J connectivity index is 0.000000191. The van der Waals surface area contributed by atoms with Gasteiger partial charge in [-0.05, 0) is 30.7 Å². The van der Waals surface area contributed by atoms with Crippen LogP contribution in [0.2, 0.25) is 0 Å². The van der Waals surface area contributed by atoms with Crippen molar-refractivity contribution in [2.75, 3.05) is 0 Å². The van der Waals surface area contributed by atoms with Crippen LogP contribution in [0.5, 0.6) is 0 Å². The number of benzene rings is 2. The Morgan fingerprint density at radius 2 is 1.32 bits per heavy atom. The van der Waals surface area contributed by atoms with Crippen molar-refractivity contribution < 1.29 is 9.59 Å². The molecule has 4 N–H and O–H groups in total. The van der Waals surface area contributed by atoms with E-state index in [-0.39, 0.29) is 11.8 Å². The molecule has 0 aliphatic carbocycles. The molecule has 2 aromatic carbocycles. The van der Waals surface area contributed by atoms with Crippen LogP contribution >= 0.6 is 0 Å². The summed E-state index contributed by atoms with van der Waals surface area (Å²) in [6.45, 7) is 1.86. The summed E-state index contributed by atoms with van der Waals surface area (Å²) in [7, 11) is 0. The number of nitrogens with two attached hydrogens (primary N) is 2. The lowest BCUT2D eigenvalue weighted by Crippen LogP contribution is -2.12. The minimum atomic E-state index is -0.379. The van der Waals surface area contributed by atoms with E-state index in [9.17, 15) is 9.59 Å². The van der Waals surface area contributed by atoms with Crippen LogP contribution in [0.4, 0.5) is 0 Å². The standard InChI is InChI=1S/C8H9NO.C7H7NO/c1-6-4-2-3-5-7(6)8(9)10;8-7(9)6-4-2-1-3-5-6/h2-5H,1H3,(H2,9,10);1-5H,(H2,8,9). The van der Waals surface area contributed by atoms with Crippen molar-refractivity contribution in [1.29, 1.82) is 0 Å². The second-order valence-corrected chi connectivity index (χ2v) is 3.91. The fourth-order valence-electron chi connectivity index (χ4n) is 1.45. The summed E-state index contributed by atoms with van der Waals surface area (Å²) in [6.07, 6.45) is 0. The molecule has 98 valence electrons. The van der Waals surface area contributed by atoms with Gasteiger partial charge in [0.2, 0.25) is 11.8 Å². The Kier molecular flexibility index (Phi) is 5.29. The van der Waals surface area contributed by atoms with Gasteiger partial charge < -0.3 is 11.5 Å². The summed E-state index contributed by atoms with van der Waals surface area (Å²) in [5, 5.41) is 0. The predicted molar refractivity (Wildman–Crippen MR) is 74.7 cm³/mol. The zero-order chi connectivity index (χ0) is 14.3. The fraction of sp³-hybridized carbons (Fsp3) is 0.0667. The molecule has 0 aromatic heterocycles. The average Bonchev–Trinajstić information content (AvgIpc) is 2.40. The van der Waals surface area contributed by atoms with Gasteiger partial charge in [-0.1, -0.05) is 36.4 Å². The molecule has 0 heterocycles. The first-order valence-corrected chi connectivity index (χ1v) is 5.72. The number of carbonyl (C=O) groups is 2. The Morgan fingerprint density at radius 3 is 1.68 bits per heavy atom. The number of carbonyl (C=O) groups excluding carboxylic acids is 2. The average molecular weight is 256 g/mol. The smallest absolute Gasteiger partial charge is 0.248 e. The third-order valence-corrected chi connectivity index (χ3v) is 2.47. The number of rotatable bonds is 2. The van der Waals surface area contributed by atoms with E-state index in [2.05, 4.69) is 0 Å². The Bertz CT molecular complexity index is 565. The van der Waals surface area contributed by atoms with Gasteiger partial charge >= 0.3 is 0 Å². The molecule has 2 amide bonds. The van der Waals surface area contributed by atoms with Crippen LogP contribution in [-0.2, 0) is 0 Å². The quantitative estimate of drug-likeness (QED) is 0.859. The second kappa shape index (κ2) is 6.96. The summed E-state index contributed by atoms with van der Waals surface area (Å²) in [4.78, 5) is 21.1. The van der Waals surface area contributed by atoms with Gasteiger partial charge in [-0.25, -0.2) is 0 Å². The van der Waals surface area contributed by atoms with Gasteiger partial charge in [0.1, 0.15) is 0 Å². The van der Waals surface area contributed by atoms with Crippen molar-refractivity contribution in [3.8, 4) is 0 Å². The van der Waals surface area contributed by atoms with E-state index in [1.54, 1.807) is 36.4 Å². The van der Waals surface area contributed by atoms with Crippen LogP contribution in [0.15, 0.2) is 54.6 Å². The van der Waals surface area contributed by atoms with Crippen molar-refractivity contribution in [1.82, 2.24) is 0 Å². The first-order chi connectivity index (χ1) is 9.02. The van der Waals surface area contributed by atoms with Gasteiger partial charge in [0.15, 0.2) is 0 Å². The molecule has 2 aromatic rings. The first-order valence-electron chi connectivity index (χ1n) is 5.72. The molecule has 0 bridgehead atoms. The number of amides is 2. The fourth-order valence-corrected chi connectivity index (χ4v) is 1.45. The lowest BCUT2D eigenvalue weighted by molar-refractivity contribution is 0.0991. The molecule has 4 nitrogen and oxygen atoms in total. The number of hydrogen-bond donors (Lipinski definition) is 2. The molecular weight excluding hydrogens is 240 g/mol. The van der Waals surface area contributed by atoms with Gasteiger partial charge in [0, 0.05) is 11.1 Å². The van der Waals surface area contributed by atoms with Crippen molar-refractivity contribution in [3.05, 3.63) is 71.3 Å². The van der Waals surface area contributed by atoms with Gasteiger partial charge in [0.25, 0.3) is 0 Å². The largest absolute Gasteiger partial charge is 0.366 e. The summed E-state index contributed by atoms with van der Waals surface area (Å²) in [5.74, 6) is -0.742. The van der Waals surface area contributed by atoms with Crippen LogP contribution in [0, 0.1) is 6.92 Å². The molecule has 0 unspecified atom stereocenters. The van der Waals surface area contributed by atoms with Crippen LogP contribution in [0.1, 0.15) is 26.3 Å². The molecule has 0 atom stereocenters. The zero-order valence-corrected chi connectivity index (χ0v) is 10.7. The van der Waals surface area contributed by atoms with Crippen molar-refractivity contribution in [2.24, 2.45) is 11.5 Å². The summed E-state index contributed by atoms with van der Waals surface area (Å²) in [6, 6.07) is 16.0. The van der Waals surface area contributed by atoms with E-state index in [0.717, 1.165) is 5.56 Å². The molecule has 0 fully saturated rings. The minimum absolute atomic E-state index is 0.363. The minimum Gasteiger partial charge on any atom is -0.366 e. The van der Waals surface area contributed by atoms with Crippen LogP contribution in [-0.4, -0.2) is 11.8 Å². The highest BCUT2D eigenvalue weighted by atomic mass is 16.1. The molecule has 0 saturated heterocycles. The summed E-state index contributed by atoms with van der Waals surface area (Å²) >= 11 is 0. The SMILES string of the molecule is Cc1ccccc1C(N)=O.NC(=O)c1ccccc1. The maximum Gasteiger partial charge on any atom is 0.248 e. The zero-order valence-electron chi connectivity index (χ0n) is 10.7. The van der Waals surface area contributed by atoms with E-state index in [1.165, 1.54) is 0 Å². The number of primary amides is 2. The molecular formula is C15H16N2O2. The molecule has 4 heteroatoms. The van der Waals surface area contributed by atoms with Gasteiger partial charge in [0.05, 0.1) is 0 Å². The topological polar surface area (TPSA) is 86.2 Å². The third-order valence-electron chi connectivity index (χ3n) is 2.47. The third kappa shape index (κ3) is 4.63. The van der Waals surface area contributed by atoms with Gasteiger partial charge in [-0.3, -0.25) is 9.59 Å². The van der Waals surface area contributed by atoms with E-state index in [1.807, 2.05) is 25.1 Å². The Morgan fingerprint density at radius 1 is 0.789 bits per heavy atom. The predicted octanol–water partition coefficient (Wildman–Crippen LogP) is 1.88. The van der Waals surface area contributed by atoms with E-state index >= 15 is 0 Å².